The van der Waals surface area contributed by atoms with Crippen LogP contribution in [-0.2, 0) is 0 Å². The van der Waals surface area contributed by atoms with Crippen LogP contribution in [0.1, 0.15) is 5.56 Å². The van der Waals surface area contributed by atoms with E-state index in [1.807, 2.05) is 59.3 Å². The largest absolute Gasteiger partial charge is 0.291 e. The summed E-state index contributed by atoms with van der Waals surface area (Å²) in [5.41, 5.74) is 6.86. The van der Waals surface area contributed by atoms with E-state index in [2.05, 4.69) is 48.1 Å². The predicted octanol–water partition coefficient (Wildman–Crippen LogP) is 3.84. The van der Waals surface area contributed by atoms with Crippen LogP contribution in [0, 0.1) is 3.70 Å². The fraction of sp³-hybridized carbons (Fsp3) is 0. The lowest BCUT2D eigenvalue weighted by molar-refractivity contribution is 1.11. The van der Waals surface area contributed by atoms with Crippen LogP contribution in [0.2, 0.25) is 0 Å². The molecule has 7 heteroatoms. The van der Waals surface area contributed by atoms with Gasteiger partial charge in [0.2, 0.25) is 5.78 Å². The van der Waals surface area contributed by atoms with Crippen molar-refractivity contribution in [3.05, 3.63) is 76.5 Å². The lowest BCUT2D eigenvalue weighted by Crippen LogP contribution is -1.91. The normalized spacial score (nSPS) is 11.2. The molecule has 0 radical (unpaired) electrons. The van der Waals surface area contributed by atoms with Gasteiger partial charge in [0.25, 0.3) is 0 Å². The lowest BCUT2D eigenvalue weighted by Gasteiger charge is -2.01. The molecule has 1 N–H and O–H groups in total. The van der Waals surface area contributed by atoms with Gasteiger partial charge in [-0.15, -0.1) is 0 Å². The second-order valence-electron chi connectivity index (χ2n) is 5.31. The standard InChI is InChI=1S/C18H13IN6/c19-17-10-13(6-8-20-17)11-22-24-15-4-2-14(3-5-15)16-12-25-9-1-7-21-18(25)23-16/h1-12,24H/b22-11+. The first-order valence-electron chi connectivity index (χ1n) is 7.59. The zero-order chi connectivity index (χ0) is 17.1. The Hall–Kier alpha value is -2.81. The molecular formula is C18H13IN6. The minimum atomic E-state index is 0.691. The van der Waals surface area contributed by atoms with Crippen LogP contribution in [0.5, 0.6) is 0 Å². The summed E-state index contributed by atoms with van der Waals surface area (Å²) in [5, 5.41) is 4.25. The quantitative estimate of drug-likeness (QED) is 0.227. The first kappa shape index (κ1) is 15.7. The van der Waals surface area contributed by atoms with Gasteiger partial charge in [-0.05, 0) is 58.5 Å². The molecule has 0 fully saturated rings. The number of aromatic nitrogens is 4. The Morgan fingerprint density at radius 1 is 1.08 bits per heavy atom. The molecule has 0 saturated heterocycles. The molecular weight excluding hydrogens is 427 g/mol. The van der Waals surface area contributed by atoms with E-state index in [1.165, 1.54) is 0 Å². The van der Waals surface area contributed by atoms with Crippen molar-refractivity contribution < 1.29 is 0 Å². The van der Waals surface area contributed by atoms with Crippen LogP contribution >= 0.6 is 22.6 Å². The van der Waals surface area contributed by atoms with Gasteiger partial charge in [0.05, 0.1) is 17.6 Å². The molecule has 0 amide bonds. The van der Waals surface area contributed by atoms with Gasteiger partial charge in [0.1, 0.15) is 3.70 Å². The molecule has 0 unspecified atom stereocenters. The maximum absolute atomic E-state index is 4.52. The van der Waals surface area contributed by atoms with Gasteiger partial charge in [-0.1, -0.05) is 12.1 Å². The van der Waals surface area contributed by atoms with E-state index in [1.54, 1.807) is 18.6 Å². The Labute approximate surface area is 157 Å². The summed E-state index contributed by atoms with van der Waals surface area (Å²) in [6.07, 6.45) is 9.17. The fourth-order valence-electron chi connectivity index (χ4n) is 2.36. The number of nitrogens with one attached hydrogen (secondary N) is 1. The molecule has 0 spiro atoms. The molecule has 122 valence electrons. The predicted molar refractivity (Wildman–Crippen MR) is 107 cm³/mol. The Bertz CT molecular complexity index is 1010. The van der Waals surface area contributed by atoms with Gasteiger partial charge in [0.15, 0.2) is 0 Å². The first-order chi connectivity index (χ1) is 12.3. The van der Waals surface area contributed by atoms with Crippen molar-refractivity contribution in [2.45, 2.75) is 0 Å². The molecule has 4 aromatic rings. The maximum Gasteiger partial charge on any atom is 0.234 e. The first-order valence-corrected chi connectivity index (χ1v) is 8.67. The third-order valence-electron chi connectivity index (χ3n) is 3.57. The Balaban J connectivity index is 1.48. The monoisotopic (exact) mass is 440 g/mol. The van der Waals surface area contributed by atoms with Crippen molar-refractivity contribution in [1.82, 2.24) is 19.4 Å². The van der Waals surface area contributed by atoms with Crippen LogP contribution in [0.15, 0.2) is 72.4 Å². The average molecular weight is 440 g/mol. The molecule has 3 heterocycles. The van der Waals surface area contributed by atoms with Crippen molar-refractivity contribution in [3.8, 4) is 11.3 Å². The van der Waals surface area contributed by atoms with E-state index >= 15 is 0 Å². The molecule has 4 rings (SSSR count). The topological polar surface area (TPSA) is 67.5 Å². The van der Waals surface area contributed by atoms with E-state index in [-0.39, 0.29) is 0 Å². The molecule has 0 atom stereocenters. The summed E-state index contributed by atoms with van der Waals surface area (Å²) in [5.74, 6) is 0.691. The van der Waals surface area contributed by atoms with Crippen molar-refractivity contribution in [3.63, 3.8) is 0 Å². The number of nitrogens with zero attached hydrogens (tertiary/aromatic N) is 5. The number of anilines is 1. The van der Waals surface area contributed by atoms with Gasteiger partial charge in [0, 0.05) is 30.4 Å². The minimum absolute atomic E-state index is 0.691. The van der Waals surface area contributed by atoms with Crippen LogP contribution in [0.4, 0.5) is 5.69 Å². The van der Waals surface area contributed by atoms with Crippen LogP contribution in [-0.4, -0.2) is 25.6 Å². The number of hydrogen-bond donors (Lipinski definition) is 1. The van der Waals surface area contributed by atoms with E-state index in [0.717, 1.165) is 26.2 Å². The maximum atomic E-state index is 4.52. The van der Waals surface area contributed by atoms with Crippen LogP contribution < -0.4 is 5.43 Å². The molecule has 0 saturated carbocycles. The van der Waals surface area contributed by atoms with Crippen molar-refractivity contribution in [2.24, 2.45) is 5.10 Å². The van der Waals surface area contributed by atoms with Gasteiger partial charge in [-0.3, -0.25) is 14.8 Å². The number of benzene rings is 1. The number of imidazole rings is 1. The third kappa shape index (κ3) is 3.66. The number of halogens is 1. The van der Waals surface area contributed by atoms with Crippen LogP contribution in [0.25, 0.3) is 17.0 Å². The highest BCUT2D eigenvalue weighted by atomic mass is 127. The van der Waals surface area contributed by atoms with Gasteiger partial charge < -0.3 is 0 Å². The SMILES string of the molecule is Ic1cc(/C=N/Nc2ccc(-c3cn4cccnc4n3)cc2)ccn1. The summed E-state index contributed by atoms with van der Waals surface area (Å²) in [4.78, 5) is 12.9. The Morgan fingerprint density at radius 3 is 2.76 bits per heavy atom. The molecule has 3 aromatic heterocycles. The second kappa shape index (κ2) is 6.98. The highest BCUT2D eigenvalue weighted by Gasteiger charge is 2.04. The summed E-state index contributed by atoms with van der Waals surface area (Å²) >= 11 is 2.18. The zero-order valence-electron chi connectivity index (χ0n) is 13.0. The third-order valence-corrected chi connectivity index (χ3v) is 4.16. The highest BCUT2D eigenvalue weighted by molar-refractivity contribution is 14.1. The van der Waals surface area contributed by atoms with Gasteiger partial charge >= 0.3 is 0 Å². The molecule has 0 bridgehead atoms. The molecule has 6 nitrogen and oxygen atoms in total. The second-order valence-corrected chi connectivity index (χ2v) is 6.42. The zero-order valence-corrected chi connectivity index (χ0v) is 15.2. The Morgan fingerprint density at radius 2 is 1.96 bits per heavy atom. The minimum Gasteiger partial charge on any atom is -0.291 e. The summed E-state index contributed by atoms with van der Waals surface area (Å²) < 4.78 is 2.84. The smallest absolute Gasteiger partial charge is 0.234 e. The number of hydrogen-bond acceptors (Lipinski definition) is 5. The molecule has 1 aromatic carbocycles. The Kier molecular flexibility index (Phi) is 4.38. The number of pyridine rings is 1. The fourth-order valence-corrected chi connectivity index (χ4v) is 2.88. The van der Waals surface area contributed by atoms with Crippen molar-refractivity contribution in [1.29, 1.82) is 0 Å². The van der Waals surface area contributed by atoms with E-state index in [9.17, 15) is 0 Å². The molecule has 0 aliphatic heterocycles. The number of fused-ring (bicyclic) bond motifs is 1. The summed E-state index contributed by atoms with van der Waals surface area (Å²) in [6.45, 7) is 0. The summed E-state index contributed by atoms with van der Waals surface area (Å²) in [7, 11) is 0. The summed E-state index contributed by atoms with van der Waals surface area (Å²) in [6, 6.07) is 13.7. The molecule has 0 aliphatic carbocycles. The molecule has 0 aliphatic rings. The van der Waals surface area contributed by atoms with E-state index in [4.69, 9.17) is 0 Å². The number of rotatable bonds is 4. The van der Waals surface area contributed by atoms with Crippen molar-refractivity contribution >= 4 is 40.3 Å². The average Bonchev–Trinajstić information content (AvgIpc) is 3.06. The lowest BCUT2D eigenvalue weighted by atomic mass is 10.1. The van der Waals surface area contributed by atoms with E-state index in [0.29, 0.717) is 5.78 Å². The highest BCUT2D eigenvalue weighted by Crippen LogP contribution is 2.20. The van der Waals surface area contributed by atoms with Gasteiger partial charge in [-0.25, -0.2) is 9.97 Å². The van der Waals surface area contributed by atoms with Gasteiger partial charge in [-0.2, -0.15) is 5.10 Å². The number of hydrazone groups is 1. The van der Waals surface area contributed by atoms with Crippen LogP contribution in [0.3, 0.4) is 0 Å². The van der Waals surface area contributed by atoms with Crippen molar-refractivity contribution in [2.75, 3.05) is 5.43 Å². The van der Waals surface area contributed by atoms with E-state index < -0.39 is 0 Å². The molecule has 25 heavy (non-hydrogen) atoms.